The highest BCUT2D eigenvalue weighted by molar-refractivity contribution is 4.76. The summed E-state index contributed by atoms with van der Waals surface area (Å²) >= 11 is 0. The van der Waals surface area contributed by atoms with E-state index in [4.69, 9.17) is 0 Å². The maximum absolute atomic E-state index is 9.30. The molecule has 3 N–H and O–H groups in total. The van der Waals surface area contributed by atoms with Gasteiger partial charge in [0.05, 0.1) is 19.8 Å². The minimum Gasteiger partial charge on any atom is -0.396 e. The minimum absolute atomic E-state index is 0.126. The fourth-order valence-electron chi connectivity index (χ4n) is 3.79. The second kappa shape index (κ2) is 20.6. The molecule has 0 spiro atoms. The molecule has 0 aromatic heterocycles. The lowest BCUT2D eigenvalue weighted by Crippen LogP contribution is -2.33. The van der Waals surface area contributed by atoms with E-state index in [2.05, 4.69) is 6.92 Å². The van der Waals surface area contributed by atoms with Gasteiger partial charge in [-0.1, -0.05) is 122 Å². The van der Waals surface area contributed by atoms with Crippen molar-refractivity contribution in [3.05, 3.63) is 0 Å². The maximum Gasteiger partial charge on any atom is 0.0531 e. The van der Waals surface area contributed by atoms with Crippen LogP contribution in [0.15, 0.2) is 0 Å². The van der Waals surface area contributed by atoms with Crippen LogP contribution in [0.25, 0.3) is 0 Å². The molecule has 3 heteroatoms. The van der Waals surface area contributed by atoms with E-state index >= 15 is 0 Å². The Morgan fingerprint density at radius 3 is 0.926 bits per heavy atom. The topological polar surface area (TPSA) is 60.7 Å². The van der Waals surface area contributed by atoms with Crippen molar-refractivity contribution in [3.8, 4) is 0 Å². The van der Waals surface area contributed by atoms with Crippen LogP contribution in [0.2, 0.25) is 0 Å². The molecule has 0 radical (unpaired) electrons. The molecular formula is C24H50O3. The lowest BCUT2D eigenvalue weighted by atomic mass is 9.85. The molecule has 0 fully saturated rings. The second-order valence-corrected chi connectivity index (χ2v) is 8.73. The summed E-state index contributed by atoms with van der Waals surface area (Å²) in [4.78, 5) is 0. The Morgan fingerprint density at radius 2 is 0.667 bits per heavy atom. The summed E-state index contributed by atoms with van der Waals surface area (Å²) in [6.07, 6.45) is 25.1. The summed E-state index contributed by atoms with van der Waals surface area (Å²) < 4.78 is 0. The predicted molar refractivity (Wildman–Crippen MR) is 117 cm³/mol. The standard InChI is InChI=1S/C24H50O3/c1-2-3-4-5-6-7-8-9-10-11-12-13-14-15-16-17-18-19-20-24(21-25,22-26)23-27/h25-27H,2-23H2,1H3. The van der Waals surface area contributed by atoms with Gasteiger partial charge >= 0.3 is 0 Å². The molecule has 0 bridgehead atoms. The SMILES string of the molecule is CCCCCCCCCCCCCCCCCCCCC(CO)(CO)CO. The fourth-order valence-corrected chi connectivity index (χ4v) is 3.79. The predicted octanol–water partition coefficient (Wildman–Crippen LogP) is 6.38. The van der Waals surface area contributed by atoms with E-state index in [1.165, 1.54) is 103 Å². The van der Waals surface area contributed by atoms with Crippen LogP contribution in [-0.4, -0.2) is 35.1 Å². The molecule has 0 aliphatic carbocycles. The molecular weight excluding hydrogens is 336 g/mol. The van der Waals surface area contributed by atoms with E-state index in [-0.39, 0.29) is 19.8 Å². The minimum atomic E-state index is -0.672. The molecule has 0 unspecified atom stereocenters. The van der Waals surface area contributed by atoms with Gasteiger partial charge in [-0.25, -0.2) is 0 Å². The number of aliphatic hydroxyl groups excluding tert-OH is 3. The van der Waals surface area contributed by atoms with Crippen LogP contribution in [0.5, 0.6) is 0 Å². The molecule has 0 saturated heterocycles. The highest BCUT2D eigenvalue weighted by Gasteiger charge is 2.26. The van der Waals surface area contributed by atoms with E-state index in [0.29, 0.717) is 0 Å². The molecule has 0 amide bonds. The van der Waals surface area contributed by atoms with Gasteiger partial charge in [0, 0.05) is 5.41 Å². The highest BCUT2D eigenvalue weighted by Crippen LogP contribution is 2.24. The van der Waals surface area contributed by atoms with Gasteiger partial charge in [-0.2, -0.15) is 0 Å². The summed E-state index contributed by atoms with van der Waals surface area (Å²) in [5, 5.41) is 27.9. The Kier molecular flexibility index (Phi) is 20.5. The summed E-state index contributed by atoms with van der Waals surface area (Å²) in [7, 11) is 0. The van der Waals surface area contributed by atoms with E-state index < -0.39 is 5.41 Å². The fraction of sp³-hybridized carbons (Fsp3) is 1.00. The van der Waals surface area contributed by atoms with Crippen molar-refractivity contribution in [1.29, 1.82) is 0 Å². The number of hydrogen-bond donors (Lipinski definition) is 3. The third-order valence-electron chi connectivity index (χ3n) is 6.07. The zero-order chi connectivity index (χ0) is 20.1. The van der Waals surface area contributed by atoms with Crippen LogP contribution < -0.4 is 0 Å². The van der Waals surface area contributed by atoms with Crippen LogP contribution in [-0.2, 0) is 0 Å². The Morgan fingerprint density at radius 1 is 0.407 bits per heavy atom. The largest absolute Gasteiger partial charge is 0.396 e. The maximum atomic E-state index is 9.30. The second-order valence-electron chi connectivity index (χ2n) is 8.73. The first-order valence-corrected chi connectivity index (χ1v) is 12.1. The van der Waals surface area contributed by atoms with E-state index in [1.807, 2.05) is 0 Å². The Hall–Kier alpha value is -0.120. The van der Waals surface area contributed by atoms with Gasteiger partial charge in [-0.05, 0) is 6.42 Å². The van der Waals surface area contributed by atoms with Gasteiger partial charge in [0.25, 0.3) is 0 Å². The summed E-state index contributed by atoms with van der Waals surface area (Å²) in [6.45, 7) is 1.90. The first-order valence-electron chi connectivity index (χ1n) is 12.1. The molecule has 0 atom stereocenters. The molecule has 0 aliphatic rings. The average molecular weight is 387 g/mol. The Bertz CT molecular complexity index is 269. The van der Waals surface area contributed by atoms with Crippen molar-refractivity contribution >= 4 is 0 Å². The molecule has 3 nitrogen and oxygen atoms in total. The zero-order valence-electron chi connectivity index (χ0n) is 18.4. The highest BCUT2D eigenvalue weighted by atomic mass is 16.3. The van der Waals surface area contributed by atoms with E-state index in [0.717, 1.165) is 19.3 Å². The van der Waals surface area contributed by atoms with Crippen LogP contribution in [0, 0.1) is 5.41 Å². The number of unbranched alkanes of at least 4 members (excludes halogenated alkanes) is 17. The molecule has 164 valence electrons. The normalized spacial score (nSPS) is 12.0. The van der Waals surface area contributed by atoms with Crippen molar-refractivity contribution < 1.29 is 15.3 Å². The summed E-state index contributed by atoms with van der Waals surface area (Å²) in [5.74, 6) is 0. The molecule has 0 rings (SSSR count). The van der Waals surface area contributed by atoms with Crippen molar-refractivity contribution in [3.63, 3.8) is 0 Å². The summed E-state index contributed by atoms with van der Waals surface area (Å²) in [6, 6.07) is 0. The van der Waals surface area contributed by atoms with Crippen LogP contribution >= 0.6 is 0 Å². The monoisotopic (exact) mass is 386 g/mol. The number of rotatable bonds is 22. The van der Waals surface area contributed by atoms with Gasteiger partial charge in [0.1, 0.15) is 0 Å². The zero-order valence-corrected chi connectivity index (χ0v) is 18.4. The van der Waals surface area contributed by atoms with Crippen molar-refractivity contribution in [2.45, 2.75) is 129 Å². The molecule has 0 heterocycles. The van der Waals surface area contributed by atoms with E-state index in [1.54, 1.807) is 0 Å². The van der Waals surface area contributed by atoms with E-state index in [9.17, 15) is 15.3 Å². The molecule has 0 saturated carbocycles. The molecule has 0 aromatic carbocycles. The smallest absolute Gasteiger partial charge is 0.0531 e. The number of hydrogen-bond acceptors (Lipinski definition) is 3. The molecule has 0 aromatic rings. The lowest BCUT2D eigenvalue weighted by Gasteiger charge is -2.27. The van der Waals surface area contributed by atoms with Crippen molar-refractivity contribution in [2.24, 2.45) is 5.41 Å². The van der Waals surface area contributed by atoms with Gasteiger partial charge in [-0.15, -0.1) is 0 Å². The third kappa shape index (κ3) is 16.5. The first kappa shape index (κ1) is 26.9. The third-order valence-corrected chi connectivity index (χ3v) is 6.07. The van der Waals surface area contributed by atoms with Gasteiger partial charge < -0.3 is 15.3 Å². The Labute approximate surface area is 170 Å². The Balaban J connectivity index is 3.19. The number of aliphatic hydroxyl groups is 3. The van der Waals surface area contributed by atoms with Crippen molar-refractivity contribution in [2.75, 3.05) is 19.8 Å². The van der Waals surface area contributed by atoms with Gasteiger partial charge in [0.2, 0.25) is 0 Å². The average Bonchev–Trinajstić information content (AvgIpc) is 2.70. The summed E-state index contributed by atoms with van der Waals surface area (Å²) in [5.41, 5.74) is -0.672. The van der Waals surface area contributed by atoms with Gasteiger partial charge in [0.15, 0.2) is 0 Å². The van der Waals surface area contributed by atoms with Crippen LogP contribution in [0.3, 0.4) is 0 Å². The van der Waals surface area contributed by atoms with Crippen molar-refractivity contribution in [1.82, 2.24) is 0 Å². The lowest BCUT2D eigenvalue weighted by molar-refractivity contribution is -0.00230. The van der Waals surface area contributed by atoms with Crippen LogP contribution in [0.4, 0.5) is 0 Å². The van der Waals surface area contributed by atoms with Gasteiger partial charge in [-0.3, -0.25) is 0 Å². The molecule has 27 heavy (non-hydrogen) atoms. The quantitative estimate of drug-likeness (QED) is 0.189. The first-order chi connectivity index (χ1) is 13.2. The molecule has 0 aliphatic heterocycles. The van der Waals surface area contributed by atoms with Crippen LogP contribution in [0.1, 0.15) is 129 Å².